The van der Waals surface area contributed by atoms with Crippen molar-refractivity contribution in [2.45, 2.75) is 19.0 Å². The van der Waals surface area contributed by atoms with Gasteiger partial charge >= 0.3 is 0 Å². The van der Waals surface area contributed by atoms with E-state index >= 15 is 0 Å². The van der Waals surface area contributed by atoms with E-state index in [1.807, 2.05) is 22.8 Å². The molecule has 3 N–H and O–H groups in total. The second-order valence-electron chi connectivity index (χ2n) is 4.04. The highest BCUT2D eigenvalue weighted by Crippen LogP contribution is 2.10. The van der Waals surface area contributed by atoms with Gasteiger partial charge in [0.1, 0.15) is 0 Å². The number of nitrogens with two attached hydrogens (primary N) is 1. The maximum atomic E-state index is 9.05. The van der Waals surface area contributed by atoms with Gasteiger partial charge in [-0.25, -0.2) is 4.98 Å². The summed E-state index contributed by atoms with van der Waals surface area (Å²) in [4.78, 5) is 4.08. The van der Waals surface area contributed by atoms with Crippen molar-refractivity contribution in [2.24, 2.45) is 5.73 Å². The number of aromatic nitrogens is 2. The van der Waals surface area contributed by atoms with Crippen molar-refractivity contribution in [1.82, 2.24) is 9.55 Å². The van der Waals surface area contributed by atoms with Gasteiger partial charge in [-0.2, -0.15) is 0 Å². The van der Waals surface area contributed by atoms with Crippen LogP contribution in [0.4, 0.5) is 0 Å². The Balaban J connectivity index is 2.02. The Morgan fingerprint density at radius 3 is 2.76 bits per heavy atom. The molecule has 2 aromatic rings. The van der Waals surface area contributed by atoms with Crippen LogP contribution < -0.4 is 5.73 Å². The summed E-state index contributed by atoms with van der Waals surface area (Å²) in [6.07, 6.45) is 4.40. The molecule has 1 atom stereocenters. The molecular weight excluding hydrogens is 214 g/mol. The molecule has 0 amide bonds. The molecule has 0 fully saturated rings. The van der Waals surface area contributed by atoms with E-state index < -0.39 is 0 Å². The number of aliphatic hydroxyl groups excluding tert-OH is 1. The van der Waals surface area contributed by atoms with E-state index in [2.05, 4.69) is 17.1 Å². The molecule has 0 bridgehead atoms. The number of nitrogens with zero attached hydrogens (tertiary/aromatic N) is 2. The molecule has 1 heterocycles. The molecule has 0 saturated carbocycles. The van der Waals surface area contributed by atoms with Gasteiger partial charge in [0, 0.05) is 12.7 Å². The second kappa shape index (κ2) is 5.61. The lowest BCUT2D eigenvalue weighted by Gasteiger charge is -2.12. The monoisotopic (exact) mass is 231 g/mol. The predicted octanol–water partition coefficient (Wildman–Crippen LogP) is 1.12. The van der Waals surface area contributed by atoms with E-state index in [0.717, 1.165) is 18.7 Å². The summed E-state index contributed by atoms with van der Waals surface area (Å²) >= 11 is 0. The zero-order valence-corrected chi connectivity index (χ0v) is 9.66. The number of imidazole rings is 1. The van der Waals surface area contributed by atoms with E-state index in [9.17, 15) is 0 Å². The lowest BCUT2D eigenvalue weighted by Crippen LogP contribution is -2.19. The summed E-state index contributed by atoms with van der Waals surface area (Å²) < 4.78 is 1.99. The third-order valence-electron chi connectivity index (χ3n) is 2.81. The molecule has 0 saturated heterocycles. The van der Waals surface area contributed by atoms with E-state index in [-0.39, 0.29) is 12.6 Å². The van der Waals surface area contributed by atoms with Crippen molar-refractivity contribution < 1.29 is 5.11 Å². The fourth-order valence-corrected chi connectivity index (χ4v) is 1.81. The Bertz CT molecular complexity index is 453. The quantitative estimate of drug-likeness (QED) is 0.810. The molecule has 0 aliphatic heterocycles. The molecule has 1 aromatic heterocycles. The molecule has 1 unspecified atom stereocenters. The van der Waals surface area contributed by atoms with Gasteiger partial charge in [-0.05, 0) is 12.0 Å². The SMILES string of the molecule is NC(CO)c1cncn1CCc1ccccc1. The average molecular weight is 231 g/mol. The number of hydrogen-bond acceptors (Lipinski definition) is 3. The highest BCUT2D eigenvalue weighted by Gasteiger charge is 2.09. The number of aliphatic hydroxyl groups is 1. The number of benzene rings is 1. The molecule has 4 nitrogen and oxygen atoms in total. The maximum Gasteiger partial charge on any atom is 0.0948 e. The smallest absolute Gasteiger partial charge is 0.0948 e. The summed E-state index contributed by atoms with van der Waals surface area (Å²) in [6.45, 7) is 0.768. The fraction of sp³-hybridized carbons (Fsp3) is 0.308. The Hall–Kier alpha value is -1.65. The van der Waals surface area contributed by atoms with Gasteiger partial charge in [0.15, 0.2) is 0 Å². The maximum absolute atomic E-state index is 9.05. The lowest BCUT2D eigenvalue weighted by molar-refractivity contribution is 0.263. The Morgan fingerprint density at radius 1 is 1.29 bits per heavy atom. The van der Waals surface area contributed by atoms with Crippen LogP contribution in [0.2, 0.25) is 0 Å². The van der Waals surface area contributed by atoms with E-state index in [0.29, 0.717) is 0 Å². The average Bonchev–Trinajstić information content (AvgIpc) is 2.85. The van der Waals surface area contributed by atoms with Gasteiger partial charge in [-0.15, -0.1) is 0 Å². The lowest BCUT2D eigenvalue weighted by atomic mass is 10.1. The van der Waals surface area contributed by atoms with Gasteiger partial charge < -0.3 is 15.4 Å². The molecule has 1 aromatic carbocycles. The van der Waals surface area contributed by atoms with Crippen LogP contribution in [0.1, 0.15) is 17.3 Å². The van der Waals surface area contributed by atoms with Crippen molar-refractivity contribution in [2.75, 3.05) is 6.61 Å². The van der Waals surface area contributed by atoms with Crippen LogP contribution in [-0.4, -0.2) is 21.3 Å². The van der Waals surface area contributed by atoms with Crippen LogP contribution >= 0.6 is 0 Å². The van der Waals surface area contributed by atoms with E-state index in [1.165, 1.54) is 5.56 Å². The summed E-state index contributed by atoms with van der Waals surface area (Å²) in [5, 5.41) is 9.05. The molecule has 90 valence electrons. The third-order valence-corrected chi connectivity index (χ3v) is 2.81. The summed E-state index contributed by atoms with van der Waals surface area (Å²) in [5.41, 5.74) is 7.96. The largest absolute Gasteiger partial charge is 0.394 e. The first-order valence-electron chi connectivity index (χ1n) is 5.71. The molecule has 4 heteroatoms. The van der Waals surface area contributed by atoms with Crippen molar-refractivity contribution >= 4 is 0 Å². The van der Waals surface area contributed by atoms with Crippen molar-refractivity contribution in [3.05, 3.63) is 54.1 Å². The minimum atomic E-state index is -0.353. The highest BCUT2D eigenvalue weighted by atomic mass is 16.3. The van der Waals surface area contributed by atoms with Crippen LogP contribution in [0, 0.1) is 0 Å². The zero-order chi connectivity index (χ0) is 12.1. The van der Waals surface area contributed by atoms with Crippen LogP contribution in [0.25, 0.3) is 0 Å². The van der Waals surface area contributed by atoms with Crippen LogP contribution in [0.3, 0.4) is 0 Å². The fourth-order valence-electron chi connectivity index (χ4n) is 1.81. The molecule has 0 spiro atoms. The topological polar surface area (TPSA) is 64.1 Å². The van der Waals surface area contributed by atoms with Crippen LogP contribution in [-0.2, 0) is 13.0 Å². The highest BCUT2D eigenvalue weighted by molar-refractivity contribution is 5.15. The van der Waals surface area contributed by atoms with Crippen molar-refractivity contribution in [3.63, 3.8) is 0 Å². The Morgan fingerprint density at radius 2 is 2.06 bits per heavy atom. The molecule has 2 rings (SSSR count). The number of aryl methyl sites for hydroxylation is 2. The predicted molar refractivity (Wildman–Crippen MR) is 66.4 cm³/mol. The number of hydrogen-bond donors (Lipinski definition) is 2. The standard InChI is InChI=1S/C13H17N3O/c14-12(9-17)13-8-15-10-16(13)7-6-11-4-2-1-3-5-11/h1-5,8,10,12,17H,6-7,9,14H2. The van der Waals surface area contributed by atoms with Crippen molar-refractivity contribution in [3.8, 4) is 0 Å². The third kappa shape index (κ3) is 2.93. The van der Waals surface area contributed by atoms with E-state index in [1.54, 1.807) is 12.5 Å². The second-order valence-corrected chi connectivity index (χ2v) is 4.04. The molecule has 0 aliphatic rings. The molecule has 17 heavy (non-hydrogen) atoms. The van der Waals surface area contributed by atoms with Gasteiger partial charge in [-0.3, -0.25) is 0 Å². The van der Waals surface area contributed by atoms with Gasteiger partial charge in [0.2, 0.25) is 0 Å². The van der Waals surface area contributed by atoms with Gasteiger partial charge in [-0.1, -0.05) is 30.3 Å². The molecule has 0 radical (unpaired) electrons. The Labute approximate surface area is 101 Å². The van der Waals surface area contributed by atoms with Gasteiger partial charge in [0.05, 0.1) is 24.7 Å². The van der Waals surface area contributed by atoms with Crippen molar-refractivity contribution in [1.29, 1.82) is 0 Å². The summed E-state index contributed by atoms with van der Waals surface area (Å²) in [5.74, 6) is 0. The van der Waals surface area contributed by atoms with Gasteiger partial charge in [0.25, 0.3) is 0 Å². The first kappa shape index (κ1) is 11.8. The number of rotatable bonds is 5. The molecular formula is C13H17N3O. The Kier molecular flexibility index (Phi) is 3.90. The molecule has 0 aliphatic carbocycles. The van der Waals surface area contributed by atoms with Crippen LogP contribution in [0.15, 0.2) is 42.9 Å². The zero-order valence-electron chi connectivity index (χ0n) is 9.66. The summed E-state index contributed by atoms with van der Waals surface area (Å²) in [6, 6.07) is 9.92. The normalized spacial score (nSPS) is 12.6. The minimum absolute atomic E-state index is 0.0585. The van der Waals surface area contributed by atoms with Crippen LogP contribution in [0.5, 0.6) is 0 Å². The first-order valence-corrected chi connectivity index (χ1v) is 5.71. The summed E-state index contributed by atoms with van der Waals surface area (Å²) in [7, 11) is 0. The minimum Gasteiger partial charge on any atom is -0.394 e. The van der Waals surface area contributed by atoms with E-state index in [4.69, 9.17) is 10.8 Å². The first-order chi connectivity index (χ1) is 8.31.